The Labute approximate surface area is 97.0 Å². The number of hydrogen-bond donors (Lipinski definition) is 1. The third-order valence-electron chi connectivity index (χ3n) is 2.20. The molecule has 1 aromatic carbocycles. The minimum Gasteiger partial charge on any atom is -0.380 e. The Bertz CT molecular complexity index is 514. The third kappa shape index (κ3) is 2.20. The average Bonchev–Trinajstić information content (AvgIpc) is 2.81. The summed E-state index contributed by atoms with van der Waals surface area (Å²) in [7, 11) is 0. The van der Waals surface area contributed by atoms with Gasteiger partial charge in [-0.3, -0.25) is 0 Å². The van der Waals surface area contributed by atoms with Crippen LogP contribution in [-0.2, 0) is 6.54 Å². The van der Waals surface area contributed by atoms with Crippen LogP contribution in [0.15, 0.2) is 35.0 Å². The Kier molecular flexibility index (Phi) is 3.18. The average molecular weight is 232 g/mol. The van der Waals surface area contributed by atoms with E-state index < -0.39 is 5.82 Å². The molecule has 0 aliphatic carbocycles. The Morgan fingerprint density at radius 2 is 2.25 bits per heavy atom. The molecule has 16 heavy (non-hydrogen) atoms. The summed E-state index contributed by atoms with van der Waals surface area (Å²) in [6.07, 6.45) is 0. The lowest BCUT2D eigenvalue weighted by Crippen LogP contribution is -2.02. The number of nitrogens with zero attached hydrogens (tertiary/aromatic N) is 1. The van der Waals surface area contributed by atoms with E-state index in [0.717, 1.165) is 5.69 Å². The topological polar surface area (TPSA) is 35.8 Å². The van der Waals surface area contributed by atoms with Crippen molar-refractivity contribution in [1.82, 2.24) is 0 Å². The number of nitriles is 1. The molecule has 2 nitrogen and oxygen atoms in total. The molecule has 0 saturated carbocycles. The van der Waals surface area contributed by atoms with Crippen LogP contribution >= 0.6 is 11.3 Å². The summed E-state index contributed by atoms with van der Waals surface area (Å²) in [4.78, 5) is 0. The fourth-order valence-corrected chi connectivity index (χ4v) is 1.98. The van der Waals surface area contributed by atoms with Gasteiger partial charge in [0.15, 0.2) is 0 Å². The molecule has 0 aliphatic rings. The molecule has 80 valence electrons. The first-order valence-electron chi connectivity index (χ1n) is 4.75. The Morgan fingerprint density at radius 1 is 1.38 bits per heavy atom. The normalized spacial score (nSPS) is 9.75. The van der Waals surface area contributed by atoms with E-state index in [0.29, 0.717) is 12.1 Å². The van der Waals surface area contributed by atoms with E-state index in [9.17, 15) is 4.39 Å². The van der Waals surface area contributed by atoms with Crippen molar-refractivity contribution in [2.24, 2.45) is 0 Å². The van der Waals surface area contributed by atoms with Gasteiger partial charge in [0, 0.05) is 23.2 Å². The van der Waals surface area contributed by atoms with Crippen LogP contribution in [-0.4, -0.2) is 0 Å². The smallest absolute Gasteiger partial charge is 0.145 e. The lowest BCUT2D eigenvalue weighted by Gasteiger charge is -2.05. The molecular weight excluding hydrogens is 223 g/mol. The predicted octanol–water partition coefficient (Wildman–Crippen LogP) is 3.37. The Hall–Kier alpha value is -1.86. The second-order valence-corrected chi connectivity index (χ2v) is 4.04. The molecule has 2 aromatic rings. The molecule has 0 atom stereocenters. The highest BCUT2D eigenvalue weighted by Crippen LogP contribution is 2.16. The minimum absolute atomic E-state index is 0.0876. The second-order valence-electron chi connectivity index (χ2n) is 3.26. The van der Waals surface area contributed by atoms with Gasteiger partial charge in [0.1, 0.15) is 11.9 Å². The molecule has 0 unspecified atom stereocenters. The zero-order valence-electron chi connectivity index (χ0n) is 8.40. The van der Waals surface area contributed by atoms with E-state index in [1.165, 1.54) is 6.07 Å². The summed E-state index contributed by atoms with van der Waals surface area (Å²) in [5.41, 5.74) is 1.56. The highest BCUT2D eigenvalue weighted by atomic mass is 32.1. The molecule has 0 saturated heterocycles. The number of hydrogen-bond acceptors (Lipinski definition) is 3. The van der Waals surface area contributed by atoms with Crippen LogP contribution in [0.3, 0.4) is 0 Å². The van der Waals surface area contributed by atoms with E-state index in [-0.39, 0.29) is 5.56 Å². The van der Waals surface area contributed by atoms with Crippen molar-refractivity contribution >= 4 is 17.0 Å². The summed E-state index contributed by atoms with van der Waals surface area (Å²) < 4.78 is 13.6. The van der Waals surface area contributed by atoms with E-state index in [1.54, 1.807) is 23.5 Å². The summed E-state index contributed by atoms with van der Waals surface area (Å²) in [6, 6.07) is 8.59. The summed E-state index contributed by atoms with van der Waals surface area (Å²) in [6.45, 7) is 0.387. The molecule has 2 rings (SSSR count). The van der Waals surface area contributed by atoms with E-state index in [4.69, 9.17) is 5.26 Å². The largest absolute Gasteiger partial charge is 0.380 e. The van der Waals surface area contributed by atoms with Crippen LogP contribution in [0, 0.1) is 17.1 Å². The third-order valence-corrected chi connectivity index (χ3v) is 2.89. The fourth-order valence-electron chi connectivity index (χ4n) is 1.37. The predicted molar refractivity (Wildman–Crippen MR) is 62.8 cm³/mol. The van der Waals surface area contributed by atoms with Gasteiger partial charge in [0.25, 0.3) is 0 Å². The molecule has 0 aliphatic heterocycles. The van der Waals surface area contributed by atoms with Crippen LogP contribution in [0.25, 0.3) is 0 Å². The number of rotatable bonds is 3. The second kappa shape index (κ2) is 4.77. The van der Waals surface area contributed by atoms with Crippen molar-refractivity contribution in [3.8, 4) is 6.07 Å². The van der Waals surface area contributed by atoms with Gasteiger partial charge in [-0.2, -0.15) is 16.6 Å². The van der Waals surface area contributed by atoms with Gasteiger partial charge in [-0.25, -0.2) is 4.39 Å². The van der Waals surface area contributed by atoms with Gasteiger partial charge >= 0.3 is 0 Å². The Morgan fingerprint density at radius 3 is 2.94 bits per heavy atom. The maximum atomic E-state index is 13.6. The number of thiophene rings is 1. The number of benzene rings is 1. The molecule has 4 heteroatoms. The molecule has 1 aromatic heterocycles. The van der Waals surface area contributed by atoms with Crippen LogP contribution in [0.4, 0.5) is 10.1 Å². The lowest BCUT2D eigenvalue weighted by molar-refractivity contribution is 0.609. The maximum absolute atomic E-state index is 13.6. The highest BCUT2D eigenvalue weighted by Gasteiger charge is 2.06. The van der Waals surface area contributed by atoms with Crippen LogP contribution in [0.5, 0.6) is 0 Å². The molecular formula is C12H9FN2S. The maximum Gasteiger partial charge on any atom is 0.145 e. The molecule has 0 spiro atoms. The first kappa shape index (κ1) is 10.7. The standard InChI is InChI=1S/C12H9FN2S/c13-12-9(6-14)2-1-3-10(12)7-15-11-4-5-16-8-11/h1-5,8,15H,7H2. The monoisotopic (exact) mass is 232 g/mol. The van der Waals surface area contributed by atoms with Crippen molar-refractivity contribution in [3.63, 3.8) is 0 Å². The first-order valence-corrected chi connectivity index (χ1v) is 5.69. The van der Waals surface area contributed by atoms with E-state index in [2.05, 4.69) is 5.32 Å². The molecule has 1 N–H and O–H groups in total. The van der Waals surface area contributed by atoms with Crippen LogP contribution in [0.1, 0.15) is 11.1 Å². The number of halogens is 1. The number of anilines is 1. The molecule has 0 fully saturated rings. The quantitative estimate of drug-likeness (QED) is 0.880. The van der Waals surface area contributed by atoms with Crippen molar-refractivity contribution < 1.29 is 4.39 Å². The summed E-state index contributed by atoms with van der Waals surface area (Å²) in [5, 5.41) is 15.7. The highest BCUT2D eigenvalue weighted by molar-refractivity contribution is 7.08. The van der Waals surface area contributed by atoms with Crippen molar-refractivity contribution in [3.05, 3.63) is 52.0 Å². The van der Waals surface area contributed by atoms with Crippen molar-refractivity contribution in [2.45, 2.75) is 6.54 Å². The molecule has 0 radical (unpaired) electrons. The molecule has 0 amide bonds. The van der Waals surface area contributed by atoms with E-state index in [1.807, 2.05) is 22.9 Å². The lowest BCUT2D eigenvalue weighted by atomic mass is 10.1. The van der Waals surface area contributed by atoms with Gasteiger partial charge in [0.05, 0.1) is 5.56 Å². The summed E-state index contributed by atoms with van der Waals surface area (Å²) in [5.74, 6) is -0.437. The molecule has 1 heterocycles. The van der Waals surface area contributed by atoms with Crippen molar-refractivity contribution in [2.75, 3.05) is 5.32 Å². The summed E-state index contributed by atoms with van der Waals surface area (Å²) >= 11 is 1.58. The molecule has 0 bridgehead atoms. The zero-order valence-corrected chi connectivity index (χ0v) is 9.22. The number of nitrogens with one attached hydrogen (secondary N) is 1. The van der Waals surface area contributed by atoms with Gasteiger partial charge in [-0.1, -0.05) is 12.1 Å². The van der Waals surface area contributed by atoms with Gasteiger partial charge in [-0.05, 0) is 17.5 Å². The van der Waals surface area contributed by atoms with Crippen LogP contribution in [0.2, 0.25) is 0 Å². The SMILES string of the molecule is N#Cc1cccc(CNc2ccsc2)c1F. The minimum atomic E-state index is -0.437. The fraction of sp³-hybridized carbons (Fsp3) is 0.0833. The van der Waals surface area contributed by atoms with Gasteiger partial charge < -0.3 is 5.32 Å². The first-order chi connectivity index (χ1) is 7.81. The van der Waals surface area contributed by atoms with Crippen molar-refractivity contribution in [1.29, 1.82) is 5.26 Å². The van der Waals surface area contributed by atoms with Gasteiger partial charge in [-0.15, -0.1) is 0 Å². The van der Waals surface area contributed by atoms with Gasteiger partial charge in [0.2, 0.25) is 0 Å². The Balaban J connectivity index is 2.13. The van der Waals surface area contributed by atoms with Crippen LogP contribution < -0.4 is 5.32 Å². The zero-order chi connectivity index (χ0) is 11.4. The van der Waals surface area contributed by atoms with E-state index >= 15 is 0 Å².